The lowest BCUT2D eigenvalue weighted by atomic mass is 9.82. The predicted molar refractivity (Wildman–Crippen MR) is 83.2 cm³/mol. The molecule has 0 bridgehead atoms. The Morgan fingerprint density at radius 2 is 1.78 bits per heavy atom. The normalized spacial score (nSPS) is 20.5. The first-order chi connectivity index (χ1) is 11.0. The van der Waals surface area contributed by atoms with Crippen LogP contribution >= 0.6 is 0 Å². The van der Waals surface area contributed by atoms with Crippen LogP contribution in [0.2, 0.25) is 0 Å². The molecule has 8 heteroatoms. The lowest BCUT2D eigenvalue weighted by Crippen LogP contribution is -2.35. The van der Waals surface area contributed by atoms with Crippen LogP contribution in [0.15, 0.2) is 24.3 Å². The number of aliphatic carboxylic acids is 1. The Morgan fingerprint density at radius 3 is 2.30 bits per heavy atom. The molecule has 0 atom stereocenters. The van der Waals surface area contributed by atoms with E-state index in [4.69, 9.17) is 5.11 Å². The second-order valence-corrected chi connectivity index (χ2v) is 5.69. The number of nitro groups is 1. The molecule has 0 aliphatic heterocycles. The highest BCUT2D eigenvalue weighted by atomic mass is 16.6. The van der Waals surface area contributed by atoms with Gasteiger partial charge in [0, 0.05) is 24.4 Å². The van der Waals surface area contributed by atoms with Gasteiger partial charge in [0.15, 0.2) is 0 Å². The van der Waals surface area contributed by atoms with Crippen molar-refractivity contribution in [3.8, 4) is 0 Å². The van der Waals surface area contributed by atoms with Gasteiger partial charge in [0.2, 0.25) is 0 Å². The Balaban J connectivity index is 1.73. The summed E-state index contributed by atoms with van der Waals surface area (Å²) in [6.07, 6.45) is 2.86. The Labute approximate surface area is 133 Å². The molecule has 0 saturated heterocycles. The predicted octanol–water partition coefficient (Wildman–Crippen LogP) is 2.61. The van der Waals surface area contributed by atoms with Crippen molar-refractivity contribution in [2.45, 2.75) is 25.7 Å². The van der Waals surface area contributed by atoms with Gasteiger partial charge < -0.3 is 15.7 Å². The van der Waals surface area contributed by atoms with Gasteiger partial charge in [0.25, 0.3) is 5.69 Å². The van der Waals surface area contributed by atoms with E-state index in [1.54, 1.807) is 0 Å². The van der Waals surface area contributed by atoms with E-state index in [0.29, 0.717) is 25.1 Å². The summed E-state index contributed by atoms with van der Waals surface area (Å²) >= 11 is 0. The van der Waals surface area contributed by atoms with Gasteiger partial charge in [-0.3, -0.25) is 14.9 Å². The first-order valence-electron chi connectivity index (χ1n) is 7.48. The molecular weight excluding hydrogens is 302 g/mol. The molecule has 0 radical (unpaired) electrons. The van der Waals surface area contributed by atoms with Crippen molar-refractivity contribution >= 4 is 23.4 Å². The molecule has 23 heavy (non-hydrogen) atoms. The van der Waals surface area contributed by atoms with Crippen molar-refractivity contribution in [2.75, 3.05) is 11.9 Å². The molecule has 1 aromatic rings. The van der Waals surface area contributed by atoms with Gasteiger partial charge in [-0.15, -0.1) is 0 Å². The number of carbonyl (C=O) groups excluding carboxylic acids is 1. The molecule has 0 aromatic heterocycles. The molecule has 0 heterocycles. The van der Waals surface area contributed by atoms with E-state index in [0.717, 1.165) is 12.8 Å². The van der Waals surface area contributed by atoms with Crippen molar-refractivity contribution in [3.63, 3.8) is 0 Å². The Bertz CT molecular complexity index is 579. The lowest BCUT2D eigenvalue weighted by Gasteiger charge is -2.26. The molecule has 1 aliphatic carbocycles. The summed E-state index contributed by atoms with van der Waals surface area (Å²) in [4.78, 5) is 32.7. The Morgan fingerprint density at radius 1 is 1.17 bits per heavy atom. The van der Waals surface area contributed by atoms with Crippen molar-refractivity contribution < 1.29 is 19.6 Å². The Kier molecular flexibility index (Phi) is 5.51. The number of hydrogen-bond acceptors (Lipinski definition) is 4. The first kappa shape index (κ1) is 16.7. The summed E-state index contributed by atoms with van der Waals surface area (Å²) in [6, 6.07) is 5.20. The number of nitrogens with one attached hydrogen (secondary N) is 2. The summed E-state index contributed by atoms with van der Waals surface area (Å²) in [5.74, 6) is -0.722. The first-order valence-corrected chi connectivity index (χ1v) is 7.48. The standard InChI is InChI=1S/C15H19N3O5/c19-14(20)11-3-1-10(2-4-11)9-16-15(21)17-12-5-7-13(8-6-12)18(22)23/h5-8,10-11H,1-4,9H2,(H,19,20)(H2,16,17,21). The quantitative estimate of drug-likeness (QED) is 0.568. The van der Waals surface area contributed by atoms with Gasteiger partial charge in [-0.05, 0) is 43.7 Å². The number of nitro benzene ring substituents is 1. The topological polar surface area (TPSA) is 122 Å². The third kappa shape index (κ3) is 4.94. The fourth-order valence-corrected chi connectivity index (χ4v) is 2.69. The van der Waals surface area contributed by atoms with Crippen LogP contribution in [0.5, 0.6) is 0 Å². The number of carboxylic acid groups (broad SMARTS) is 1. The van der Waals surface area contributed by atoms with Gasteiger partial charge in [0.05, 0.1) is 10.8 Å². The number of non-ortho nitro benzene ring substituents is 1. The van der Waals surface area contributed by atoms with Crippen LogP contribution in [0.1, 0.15) is 25.7 Å². The van der Waals surface area contributed by atoms with E-state index in [2.05, 4.69) is 10.6 Å². The molecule has 0 spiro atoms. The average molecular weight is 321 g/mol. The molecular formula is C15H19N3O5. The molecule has 2 rings (SSSR count). The van der Waals surface area contributed by atoms with E-state index in [1.165, 1.54) is 24.3 Å². The third-order valence-corrected chi connectivity index (χ3v) is 4.08. The van der Waals surface area contributed by atoms with Crippen LogP contribution in [-0.2, 0) is 4.79 Å². The molecule has 2 amide bonds. The maximum absolute atomic E-state index is 11.8. The van der Waals surface area contributed by atoms with Crippen LogP contribution in [0, 0.1) is 22.0 Å². The van der Waals surface area contributed by atoms with Crippen molar-refractivity contribution in [1.82, 2.24) is 5.32 Å². The zero-order valence-corrected chi connectivity index (χ0v) is 12.5. The second-order valence-electron chi connectivity index (χ2n) is 5.69. The van der Waals surface area contributed by atoms with E-state index in [9.17, 15) is 19.7 Å². The van der Waals surface area contributed by atoms with Crippen LogP contribution in [0.25, 0.3) is 0 Å². The van der Waals surface area contributed by atoms with Crippen LogP contribution < -0.4 is 10.6 Å². The van der Waals surface area contributed by atoms with Crippen molar-refractivity contribution in [1.29, 1.82) is 0 Å². The molecule has 1 aliphatic rings. The molecule has 1 aromatic carbocycles. The zero-order valence-electron chi connectivity index (χ0n) is 12.5. The van der Waals surface area contributed by atoms with Crippen molar-refractivity contribution in [3.05, 3.63) is 34.4 Å². The molecule has 124 valence electrons. The minimum atomic E-state index is -0.743. The highest BCUT2D eigenvalue weighted by molar-refractivity contribution is 5.89. The third-order valence-electron chi connectivity index (χ3n) is 4.08. The fourth-order valence-electron chi connectivity index (χ4n) is 2.69. The van der Waals surface area contributed by atoms with Gasteiger partial charge in [-0.1, -0.05) is 0 Å². The highest BCUT2D eigenvalue weighted by Crippen LogP contribution is 2.28. The van der Waals surface area contributed by atoms with Gasteiger partial charge in [0.1, 0.15) is 0 Å². The highest BCUT2D eigenvalue weighted by Gasteiger charge is 2.25. The van der Waals surface area contributed by atoms with Gasteiger partial charge >= 0.3 is 12.0 Å². The summed E-state index contributed by atoms with van der Waals surface area (Å²) in [7, 11) is 0. The lowest BCUT2D eigenvalue weighted by molar-refractivity contribution is -0.384. The number of anilines is 1. The number of nitrogens with zero attached hydrogens (tertiary/aromatic N) is 1. The van der Waals surface area contributed by atoms with Crippen LogP contribution in [-0.4, -0.2) is 28.6 Å². The SMILES string of the molecule is O=C(NCC1CCC(C(=O)O)CC1)Nc1ccc([N+](=O)[O-])cc1. The number of urea groups is 1. The molecule has 8 nitrogen and oxygen atoms in total. The summed E-state index contributed by atoms with van der Waals surface area (Å²) < 4.78 is 0. The minimum Gasteiger partial charge on any atom is -0.481 e. The number of carbonyl (C=O) groups is 2. The fraction of sp³-hybridized carbons (Fsp3) is 0.467. The van der Waals surface area contributed by atoms with Crippen molar-refractivity contribution in [2.24, 2.45) is 11.8 Å². The number of hydrogen-bond donors (Lipinski definition) is 3. The average Bonchev–Trinajstić information content (AvgIpc) is 2.54. The smallest absolute Gasteiger partial charge is 0.319 e. The number of rotatable bonds is 5. The maximum atomic E-state index is 11.8. The number of amides is 2. The van der Waals surface area contributed by atoms with Crippen LogP contribution in [0.3, 0.4) is 0 Å². The molecule has 3 N–H and O–H groups in total. The minimum absolute atomic E-state index is 0.0360. The van der Waals surface area contributed by atoms with Gasteiger partial charge in [-0.2, -0.15) is 0 Å². The van der Waals surface area contributed by atoms with Crippen LogP contribution in [0.4, 0.5) is 16.2 Å². The monoisotopic (exact) mass is 321 g/mol. The summed E-state index contributed by atoms with van der Waals surface area (Å²) in [5.41, 5.74) is 0.439. The van der Waals surface area contributed by atoms with Gasteiger partial charge in [-0.25, -0.2) is 4.79 Å². The maximum Gasteiger partial charge on any atom is 0.319 e. The van der Waals surface area contributed by atoms with E-state index < -0.39 is 10.9 Å². The van der Waals surface area contributed by atoms with E-state index in [-0.39, 0.29) is 23.6 Å². The number of benzene rings is 1. The molecule has 1 fully saturated rings. The zero-order chi connectivity index (χ0) is 16.8. The summed E-state index contributed by atoms with van der Waals surface area (Å²) in [6.45, 7) is 0.491. The molecule has 1 saturated carbocycles. The van der Waals surface area contributed by atoms with E-state index >= 15 is 0 Å². The Hall–Kier alpha value is -2.64. The second kappa shape index (κ2) is 7.57. The largest absolute Gasteiger partial charge is 0.481 e. The summed E-state index contributed by atoms with van der Waals surface area (Å²) in [5, 5.41) is 24.8. The molecule has 0 unspecified atom stereocenters. The van der Waals surface area contributed by atoms with E-state index in [1.807, 2.05) is 0 Å². The number of carboxylic acids is 1.